The average molecular weight is 352 g/mol. The molecule has 1 fully saturated rings. The summed E-state index contributed by atoms with van der Waals surface area (Å²) >= 11 is 0. The molecule has 0 unspecified atom stereocenters. The Labute approximate surface area is 151 Å². The summed E-state index contributed by atoms with van der Waals surface area (Å²) in [6, 6.07) is 10.3. The fraction of sp³-hybridized carbons (Fsp3) is 0.300. The van der Waals surface area contributed by atoms with E-state index in [0.29, 0.717) is 0 Å². The highest BCUT2D eigenvalue weighted by Gasteiger charge is 2.22. The Morgan fingerprint density at radius 2 is 1.73 bits per heavy atom. The number of aliphatic hydroxyl groups is 1. The van der Waals surface area contributed by atoms with Gasteiger partial charge in [0.2, 0.25) is 0 Å². The maximum absolute atomic E-state index is 13.3. The lowest BCUT2D eigenvalue weighted by Gasteiger charge is -2.29. The summed E-state index contributed by atoms with van der Waals surface area (Å²) < 4.78 is 13.3. The monoisotopic (exact) mass is 352 g/mol. The number of rotatable bonds is 4. The molecule has 134 valence electrons. The van der Waals surface area contributed by atoms with Gasteiger partial charge in [0.05, 0.1) is 11.8 Å². The van der Waals surface area contributed by atoms with E-state index >= 15 is 0 Å². The molecular formula is C20H21FN4O. The Morgan fingerprint density at radius 1 is 1.04 bits per heavy atom. The summed E-state index contributed by atoms with van der Waals surface area (Å²) in [6.45, 7) is 2.46. The van der Waals surface area contributed by atoms with Crippen LogP contribution in [-0.2, 0) is 6.54 Å². The van der Waals surface area contributed by atoms with Crippen molar-refractivity contribution in [2.75, 3.05) is 13.1 Å². The average Bonchev–Trinajstić information content (AvgIpc) is 3.08. The molecule has 6 heteroatoms. The zero-order valence-electron chi connectivity index (χ0n) is 14.4. The number of pyridine rings is 1. The number of likely N-dealkylation sites (tertiary alicyclic amines) is 1. The van der Waals surface area contributed by atoms with E-state index in [1.54, 1.807) is 24.5 Å². The van der Waals surface area contributed by atoms with Crippen LogP contribution >= 0.6 is 0 Å². The first kappa shape index (κ1) is 16.9. The number of piperidine rings is 1. The van der Waals surface area contributed by atoms with E-state index in [-0.39, 0.29) is 11.9 Å². The van der Waals surface area contributed by atoms with Crippen LogP contribution < -0.4 is 0 Å². The minimum Gasteiger partial charge on any atom is -0.393 e. The van der Waals surface area contributed by atoms with Gasteiger partial charge in [-0.25, -0.2) is 4.39 Å². The Bertz CT molecular complexity index is 855. The number of hydrogen-bond acceptors (Lipinski definition) is 4. The molecule has 0 amide bonds. The number of nitrogens with one attached hydrogen (secondary N) is 1. The van der Waals surface area contributed by atoms with Gasteiger partial charge in [-0.05, 0) is 54.8 Å². The smallest absolute Gasteiger partial charge is 0.123 e. The van der Waals surface area contributed by atoms with Crippen molar-refractivity contribution < 1.29 is 9.50 Å². The second kappa shape index (κ2) is 7.35. The van der Waals surface area contributed by atoms with Crippen LogP contribution in [-0.4, -0.2) is 44.4 Å². The van der Waals surface area contributed by atoms with Crippen molar-refractivity contribution in [3.05, 3.63) is 60.3 Å². The van der Waals surface area contributed by atoms with Crippen LogP contribution in [0, 0.1) is 5.82 Å². The summed E-state index contributed by atoms with van der Waals surface area (Å²) in [4.78, 5) is 6.42. The normalized spacial score (nSPS) is 16.1. The predicted molar refractivity (Wildman–Crippen MR) is 97.7 cm³/mol. The van der Waals surface area contributed by atoms with Crippen molar-refractivity contribution >= 4 is 0 Å². The van der Waals surface area contributed by atoms with E-state index in [1.165, 1.54) is 12.1 Å². The molecule has 1 aromatic carbocycles. The standard InChI is InChI=1S/C20H21FN4O/c21-16-3-1-15(2-4-16)20-19(14-5-9-22-10-6-14)18(23-24-20)13-25-11-7-17(26)8-12-25/h1-6,9-10,17,26H,7-8,11-13H2,(H,23,24). The van der Waals surface area contributed by atoms with Crippen LogP contribution in [0.5, 0.6) is 0 Å². The number of halogens is 1. The number of aromatic amines is 1. The highest BCUT2D eigenvalue weighted by Crippen LogP contribution is 2.34. The summed E-state index contributed by atoms with van der Waals surface area (Å²) in [6.07, 6.45) is 4.92. The minimum absolute atomic E-state index is 0.192. The van der Waals surface area contributed by atoms with Crippen molar-refractivity contribution in [2.24, 2.45) is 0 Å². The molecule has 0 aliphatic carbocycles. The van der Waals surface area contributed by atoms with E-state index in [2.05, 4.69) is 20.1 Å². The first-order valence-electron chi connectivity index (χ1n) is 8.84. The number of nitrogens with zero attached hydrogens (tertiary/aromatic N) is 3. The largest absolute Gasteiger partial charge is 0.393 e. The maximum Gasteiger partial charge on any atom is 0.123 e. The van der Waals surface area contributed by atoms with Crippen LogP contribution in [0.15, 0.2) is 48.8 Å². The molecule has 1 aliphatic heterocycles. The molecule has 1 aliphatic rings. The summed E-state index contributed by atoms with van der Waals surface area (Å²) in [5.41, 5.74) is 4.75. The topological polar surface area (TPSA) is 65.0 Å². The van der Waals surface area contributed by atoms with Crippen LogP contribution in [0.2, 0.25) is 0 Å². The van der Waals surface area contributed by atoms with Gasteiger partial charge in [0, 0.05) is 43.2 Å². The quantitative estimate of drug-likeness (QED) is 0.757. The third-order valence-corrected chi connectivity index (χ3v) is 4.87. The fourth-order valence-electron chi connectivity index (χ4n) is 3.44. The first-order valence-corrected chi connectivity index (χ1v) is 8.84. The Balaban J connectivity index is 1.71. The lowest BCUT2D eigenvalue weighted by molar-refractivity contribution is 0.0787. The predicted octanol–water partition coefficient (Wildman–Crippen LogP) is 3.23. The second-order valence-electron chi connectivity index (χ2n) is 6.68. The van der Waals surface area contributed by atoms with Crippen LogP contribution in [0.1, 0.15) is 18.5 Å². The fourth-order valence-corrected chi connectivity index (χ4v) is 3.44. The van der Waals surface area contributed by atoms with Crippen molar-refractivity contribution in [1.82, 2.24) is 20.1 Å². The molecule has 1 saturated heterocycles. The van der Waals surface area contributed by atoms with Gasteiger partial charge in [-0.3, -0.25) is 15.0 Å². The molecule has 3 heterocycles. The highest BCUT2D eigenvalue weighted by molar-refractivity contribution is 5.82. The minimum atomic E-state index is -0.262. The van der Waals surface area contributed by atoms with E-state index in [1.807, 2.05) is 12.1 Å². The molecule has 0 atom stereocenters. The van der Waals surface area contributed by atoms with E-state index in [0.717, 1.165) is 60.6 Å². The lowest BCUT2D eigenvalue weighted by atomic mass is 9.99. The number of hydrogen-bond donors (Lipinski definition) is 2. The lowest BCUT2D eigenvalue weighted by Crippen LogP contribution is -2.35. The Hall–Kier alpha value is -2.57. The Morgan fingerprint density at radius 3 is 2.42 bits per heavy atom. The van der Waals surface area contributed by atoms with Crippen LogP contribution in [0.4, 0.5) is 4.39 Å². The number of H-pyrrole nitrogens is 1. The van der Waals surface area contributed by atoms with E-state index in [4.69, 9.17) is 0 Å². The Kier molecular flexibility index (Phi) is 4.77. The summed E-state index contributed by atoms with van der Waals surface area (Å²) in [5.74, 6) is -0.262. The van der Waals surface area contributed by atoms with Crippen molar-refractivity contribution in [3.8, 4) is 22.4 Å². The molecule has 4 rings (SSSR count). The molecule has 5 nitrogen and oxygen atoms in total. The van der Waals surface area contributed by atoms with Crippen molar-refractivity contribution in [1.29, 1.82) is 0 Å². The van der Waals surface area contributed by atoms with Crippen molar-refractivity contribution in [3.63, 3.8) is 0 Å². The van der Waals surface area contributed by atoms with Gasteiger partial charge in [-0.15, -0.1) is 0 Å². The summed E-state index contributed by atoms with van der Waals surface area (Å²) in [5, 5.41) is 17.4. The number of benzene rings is 1. The zero-order valence-corrected chi connectivity index (χ0v) is 14.4. The molecule has 3 aromatic rings. The molecule has 26 heavy (non-hydrogen) atoms. The van der Waals surface area contributed by atoms with Crippen LogP contribution in [0.25, 0.3) is 22.4 Å². The molecule has 0 saturated carbocycles. The molecule has 2 aromatic heterocycles. The van der Waals surface area contributed by atoms with Gasteiger partial charge in [-0.1, -0.05) is 0 Å². The zero-order chi connectivity index (χ0) is 17.9. The third kappa shape index (κ3) is 3.52. The van der Waals surface area contributed by atoms with Gasteiger partial charge in [0.15, 0.2) is 0 Å². The maximum atomic E-state index is 13.3. The van der Waals surface area contributed by atoms with Crippen molar-refractivity contribution in [2.45, 2.75) is 25.5 Å². The van der Waals surface area contributed by atoms with E-state index in [9.17, 15) is 9.50 Å². The first-order chi connectivity index (χ1) is 12.7. The number of aliphatic hydroxyl groups excluding tert-OH is 1. The van der Waals surface area contributed by atoms with E-state index < -0.39 is 0 Å². The molecule has 0 spiro atoms. The molecule has 0 radical (unpaired) electrons. The third-order valence-electron chi connectivity index (χ3n) is 4.87. The van der Waals surface area contributed by atoms with Gasteiger partial charge in [-0.2, -0.15) is 5.10 Å². The van der Waals surface area contributed by atoms with Gasteiger partial charge in [0.25, 0.3) is 0 Å². The molecule has 2 N–H and O–H groups in total. The summed E-state index contributed by atoms with van der Waals surface area (Å²) in [7, 11) is 0. The van der Waals surface area contributed by atoms with Crippen LogP contribution in [0.3, 0.4) is 0 Å². The van der Waals surface area contributed by atoms with Gasteiger partial charge >= 0.3 is 0 Å². The molecular weight excluding hydrogens is 331 g/mol. The highest BCUT2D eigenvalue weighted by atomic mass is 19.1. The van der Waals surface area contributed by atoms with Gasteiger partial charge in [0.1, 0.15) is 11.5 Å². The van der Waals surface area contributed by atoms with Gasteiger partial charge < -0.3 is 5.11 Å². The number of aromatic nitrogens is 3. The molecule has 0 bridgehead atoms. The SMILES string of the molecule is OC1CCN(Cc2[nH]nc(-c3ccc(F)cc3)c2-c2ccncc2)CC1. The second-order valence-corrected chi connectivity index (χ2v) is 6.68.